The number of aromatic nitrogens is 8. The molecule has 8 rings (SSSR count). The van der Waals surface area contributed by atoms with Gasteiger partial charge in [0.1, 0.15) is 36.0 Å². The lowest BCUT2D eigenvalue weighted by atomic mass is 10.1. The van der Waals surface area contributed by atoms with E-state index in [-0.39, 0.29) is 28.2 Å². The molecule has 1 aliphatic carbocycles. The Morgan fingerprint density at radius 3 is 2.48 bits per heavy atom. The Bertz CT molecular complexity index is 2050. The summed E-state index contributed by atoms with van der Waals surface area (Å²) >= 11 is 10.1. The van der Waals surface area contributed by atoms with Crippen molar-refractivity contribution < 1.29 is 46.7 Å². The van der Waals surface area contributed by atoms with Gasteiger partial charge in [-0.05, 0) is 11.6 Å². The molecule has 2 bridgehead atoms. The first-order valence-corrected chi connectivity index (χ1v) is 18.1. The third-order valence-electron chi connectivity index (χ3n) is 8.14. The maximum atomic E-state index is 13.5. The Morgan fingerprint density at radius 2 is 1.67 bits per heavy atom. The summed E-state index contributed by atoms with van der Waals surface area (Å²) in [6.07, 6.45) is -5.91. The van der Waals surface area contributed by atoms with Gasteiger partial charge in [-0.25, -0.2) is 19.1 Å². The zero-order valence-corrected chi connectivity index (χ0v) is 26.3. The monoisotopic (exact) mass is 720 g/mol. The van der Waals surface area contributed by atoms with Crippen LogP contribution in [0.1, 0.15) is 12.3 Å². The number of aromatic amines is 1. The van der Waals surface area contributed by atoms with Gasteiger partial charge in [-0.2, -0.15) is 15.0 Å². The van der Waals surface area contributed by atoms with Crippen LogP contribution in [0.4, 0.5) is 11.8 Å². The van der Waals surface area contributed by atoms with Crippen molar-refractivity contribution in [2.45, 2.75) is 48.9 Å². The van der Waals surface area contributed by atoms with Gasteiger partial charge in [-0.1, -0.05) is 12.2 Å². The summed E-state index contributed by atoms with van der Waals surface area (Å²) in [4.78, 5) is 45.8. The van der Waals surface area contributed by atoms with Gasteiger partial charge in [0.25, 0.3) is 5.56 Å². The predicted molar refractivity (Wildman–Crippen MR) is 156 cm³/mol. The molecule has 0 aromatic carbocycles. The molecular weight excluding hydrogens is 698 g/mol. The number of fused-ring (bicyclic) bond motifs is 7. The molecule has 4 aliphatic rings. The van der Waals surface area contributed by atoms with E-state index in [9.17, 15) is 23.9 Å². The number of anilines is 2. The maximum absolute atomic E-state index is 13.5. The third-order valence-corrected chi connectivity index (χ3v) is 10.9. The highest BCUT2D eigenvalue weighted by atomic mass is 35.5. The van der Waals surface area contributed by atoms with Crippen molar-refractivity contribution in [3.63, 3.8) is 0 Å². The van der Waals surface area contributed by atoms with Crippen LogP contribution < -0.4 is 17.0 Å². The van der Waals surface area contributed by atoms with E-state index in [2.05, 4.69) is 42.2 Å². The molecule has 11 atom stereocenters. The predicted octanol–water partition coefficient (Wildman–Crippen LogP) is -0.0706. The fraction of sp³-hybridized carbons (Fsp3) is 0.524. The Hall–Kier alpha value is -2.72. The highest BCUT2D eigenvalue weighted by molar-refractivity contribution is 8.44. The summed E-state index contributed by atoms with van der Waals surface area (Å²) in [6.45, 7) is -5.33. The van der Waals surface area contributed by atoms with Crippen LogP contribution in [-0.2, 0) is 36.7 Å². The van der Waals surface area contributed by atoms with Gasteiger partial charge in [0.15, 0.2) is 28.9 Å². The van der Waals surface area contributed by atoms with Crippen LogP contribution in [0.25, 0.3) is 22.3 Å². The maximum Gasteiger partial charge on any atom is 0.472 e. The van der Waals surface area contributed by atoms with E-state index >= 15 is 0 Å². The van der Waals surface area contributed by atoms with Gasteiger partial charge >= 0.3 is 14.6 Å². The molecule has 4 aromatic rings. The number of nitrogens with zero attached hydrogens (tertiary/aromatic N) is 7. The molecule has 0 spiro atoms. The van der Waals surface area contributed by atoms with Gasteiger partial charge in [-0.3, -0.25) is 32.4 Å². The molecule has 0 radical (unpaired) electrons. The highest BCUT2D eigenvalue weighted by Crippen LogP contribution is 2.64. The number of rotatable bonds is 2. The lowest BCUT2D eigenvalue weighted by Gasteiger charge is -2.28. The minimum atomic E-state index is -4.96. The Morgan fingerprint density at radius 1 is 0.957 bits per heavy atom. The summed E-state index contributed by atoms with van der Waals surface area (Å²) in [6, 6.07) is -0.431. The van der Waals surface area contributed by atoms with E-state index in [1.54, 1.807) is 4.57 Å². The first-order valence-electron chi connectivity index (χ1n) is 13.5. The summed E-state index contributed by atoms with van der Waals surface area (Å²) in [5, 5.41) is 11.0. The quantitative estimate of drug-likeness (QED) is 0.0897. The Labute approximate surface area is 265 Å². The van der Waals surface area contributed by atoms with Crippen molar-refractivity contribution in [3.8, 4) is 0 Å². The van der Waals surface area contributed by atoms with Gasteiger partial charge < -0.3 is 35.5 Å². The standard InChI is InChI=1S/C21H23ClN10O11P2S/c22-20-27-15(23)8-16(28-20)31(3-25-8)10-7-12-6(40-13(7)10)2-38-44(35,36)42-14-11(33)5(1-39-45(37,46)43-12)41-19(14)32-4-26-9-17(32)29-21(24)30-18(9)34/h3-7,10-14,19,33H,1-2H2,(H,35,36)(H,37,46)(H2,23,27,28)(H3,24,29,30,34)/t5-,6-,7?,10+,11?,12?,13?,14?,19-,45-/m1/s1. The van der Waals surface area contributed by atoms with Gasteiger partial charge in [-0.15, -0.1) is 0 Å². The van der Waals surface area contributed by atoms with Crippen molar-refractivity contribution in [3.05, 3.63) is 28.3 Å². The topological polar surface area (TPSA) is 289 Å². The normalized spacial score (nSPS) is 39.4. The largest absolute Gasteiger partial charge is 0.472 e. The van der Waals surface area contributed by atoms with Crippen molar-refractivity contribution >= 4 is 72.6 Å². The number of hydrogen-bond acceptors (Lipinski definition) is 17. The number of nitrogens with two attached hydrogens (primary N) is 2. The zero-order chi connectivity index (χ0) is 32.3. The van der Waals surface area contributed by atoms with E-state index in [0.29, 0.717) is 11.2 Å². The number of aliphatic hydroxyl groups is 1. The van der Waals surface area contributed by atoms with Crippen molar-refractivity contribution in [1.82, 2.24) is 39.0 Å². The van der Waals surface area contributed by atoms with Gasteiger partial charge in [0.05, 0.1) is 38.0 Å². The lowest BCUT2D eigenvalue weighted by molar-refractivity contribution is -0.0618. The van der Waals surface area contributed by atoms with E-state index in [1.807, 2.05) is 0 Å². The number of H-pyrrole nitrogens is 1. The number of phosphoric ester groups is 1. The second kappa shape index (κ2) is 10.6. The zero-order valence-electron chi connectivity index (χ0n) is 22.8. The molecule has 3 saturated heterocycles. The smallest absolute Gasteiger partial charge is 0.387 e. The summed E-state index contributed by atoms with van der Waals surface area (Å²) in [7, 11) is -4.96. The molecule has 4 aromatic heterocycles. The molecule has 6 unspecified atom stereocenters. The van der Waals surface area contributed by atoms with Crippen LogP contribution in [0, 0.1) is 5.92 Å². The summed E-state index contributed by atoms with van der Waals surface area (Å²) in [5.41, 5.74) is 11.4. The number of hydrogen-bond donors (Lipinski definition) is 6. The number of phosphoric acid groups is 1. The highest BCUT2D eigenvalue weighted by Gasteiger charge is 2.67. The minimum Gasteiger partial charge on any atom is -0.387 e. The van der Waals surface area contributed by atoms with Gasteiger partial charge in [0, 0.05) is 5.92 Å². The van der Waals surface area contributed by atoms with Crippen LogP contribution in [0.5, 0.6) is 0 Å². The molecule has 246 valence electrons. The fourth-order valence-corrected chi connectivity index (χ4v) is 8.75. The van der Waals surface area contributed by atoms with Crippen LogP contribution in [0.15, 0.2) is 17.4 Å². The van der Waals surface area contributed by atoms with E-state index < -0.39 is 88.2 Å². The molecule has 21 nitrogen and oxygen atoms in total. The number of nitrogens with one attached hydrogen (secondary N) is 1. The summed E-state index contributed by atoms with van der Waals surface area (Å²) in [5.74, 6) is -0.641. The molecule has 7 heterocycles. The molecule has 0 amide bonds. The molecule has 25 heteroatoms. The Kier molecular flexibility index (Phi) is 7.08. The van der Waals surface area contributed by atoms with Crippen molar-refractivity contribution in [2.24, 2.45) is 5.92 Å². The van der Waals surface area contributed by atoms with Crippen LogP contribution >= 0.6 is 38.5 Å². The van der Waals surface area contributed by atoms with Gasteiger partial charge in [0.2, 0.25) is 11.2 Å². The van der Waals surface area contributed by atoms with Crippen LogP contribution in [0.2, 0.25) is 5.28 Å². The van der Waals surface area contributed by atoms with E-state index in [4.69, 9.17) is 50.6 Å². The first-order chi connectivity index (χ1) is 21.8. The average molecular weight is 721 g/mol. The SMILES string of the molecule is Nc1nc2c(ncn2[C@@H]2O[C@@H]3CO[P@@](=O)(S)OC4C5C(O[C@@H]4COP(=O)(O)OC2C3O)[C@H]5n2cnc3c(N)nc(Cl)nc32)c(=O)[nH]1. The second-order valence-corrected chi connectivity index (χ2v) is 15.5. The van der Waals surface area contributed by atoms with E-state index in [1.165, 1.54) is 10.9 Å². The minimum absolute atomic E-state index is 0.0651. The number of ether oxygens (including phenoxy) is 2. The molecule has 7 N–H and O–H groups in total. The number of halogens is 1. The number of aliphatic hydroxyl groups excluding tert-OH is 1. The summed E-state index contributed by atoms with van der Waals surface area (Å²) < 4.78 is 63.7. The van der Waals surface area contributed by atoms with E-state index in [0.717, 1.165) is 6.33 Å². The van der Waals surface area contributed by atoms with Crippen molar-refractivity contribution in [1.29, 1.82) is 0 Å². The fourth-order valence-electron chi connectivity index (χ4n) is 6.14. The van der Waals surface area contributed by atoms with Crippen molar-refractivity contribution in [2.75, 3.05) is 24.7 Å². The van der Waals surface area contributed by atoms with Crippen LogP contribution in [-0.4, -0.2) is 98.9 Å². The van der Waals surface area contributed by atoms with Crippen LogP contribution in [0.3, 0.4) is 0 Å². The molecular formula is C21H23ClN10O11P2S. The number of imidazole rings is 2. The first kappa shape index (κ1) is 30.6. The second-order valence-electron chi connectivity index (χ2n) is 10.9. The molecule has 4 fully saturated rings. The third kappa shape index (κ3) is 5.04. The average Bonchev–Trinajstić information content (AvgIpc) is 3.36. The number of nitrogen functional groups attached to an aromatic ring is 2. The molecule has 46 heavy (non-hydrogen) atoms. The molecule has 3 aliphatic heterocycles. The number of thiol groups is 1. The Balaban J connectivity index is 1.08. The molecule has 1 saturated carbocycles. The lowest BCUT2D eigenvalue weighted by Crippen LogP contribution is -2.35.